The van der Waals surface area contributed by atoms with E-state index in [0.29, 0.717) is 19.1 Å². The smallest absolute Gasteiger partial charge is 0.224 e. The predicted octanol–water partition coefficient (Wildman–Crippen LogP) is 1.73. The van der Waals surface area contributed by atoms with Gasteiger partial charge < -0.3 is 24.6 Å². The van der Waals surface area contributed by atoms with Crippen molar-refractivity contribution in [3.8, 4) is 11.5 Å². The lowest BCUT2D eigenvalue weighted by atomic mass is 10.3. The number of piperazine rings is 1. The zero-order chi connectivity index (χ0) is 17.5. The van der Waals surface area contributed by atoms with Crippen LogP contribution >= 0.6 is 0 Å². The van der Waals surface area contributed by atoms with E-state index in [0.717, 1.165) is 43.5 Å². The van der Waals surface area contributed by atoms with Gasteiger partial charge in [-0.15, -0.1) is 0 Å². The topological polar surface area (TPSA) is 62.8 Å². The third-order valence-electron chi connectivity index (χ3n) is 4.18. The van der Waals surface area contributed by atoms with Crippen molar-refractivity contribution < 1.29 is 9.47 Å². The van der Waals surface area contributed by atoms with Crippen molar-refractivity contribution in [1.29, 1.82) is 0 Å². The molecule has 7 nitrogen and oxygen atoms in total. The third kappa shape index (κ3) is 4.96. The highest BCUT2D eigenvalue weighted by molar-refractivity contribution is 5.43. The number of aromatic nitrogens is 2. The lowest BCUT2D eigenvalue weighted by Crippen LogP contribution is -2.44. The second-order valence-electron chi connectivity index (χ2n) is 5.98. The molecule has 7 heteroatoms. The first kappa shape index (κ1) is 17.3. The minimum atomic E-state index is 0.536. The Morgan fingerprint density at radius 3 is 2.48 bits per heavy atom. The monoisotopic (exact) mass is 343 g/mol. The average Bonchev–Trinajstić information content (AvgIpc) is 2.66. The minimum absolute atomic E-state index is 0.536. The van der Waals surface area contributed by atoms with Crippen molar-refractivity contribution in [3.05, 3.63) is 36.5 Å². The highest BCUT2D eigenvalue weighted by Crippen LogP contribution is 2.17. The minimum Gasteiger partial charge on any atom is -0.497 e. The second kappa shape index (κ2) is 8.53. The van der Waals surface area contributed by atoms with Gasteiger partial charge in [-0.25, -0.2) is 4.98 Å². The van der Waals surface area contributed by atoms with Crippen LogP contribution in [0.3, 0.4) is 0 Å². The maximum absolute atomic E-state index is 5.70. The molecular weight excluding hydrogens is 318 g/mol. The molecule has 0 saturated carbocycles. The normalized spacial score (nSPS) is 15.0. The molecule has 0 spiro atoms. The lowest BCUT2D eigenvalue weighted by molar-refractivity contribution is 0.312. The van der Waals surface area contributed by atoms with Crippen molar-refractivity contribution in [1.82, 2.24) is 14.9 Å². The van der Waals surface area contributed by atoms with Crippen LogP contribution in [0.5, 0.6) is 11.5 Å². The van der Waals surface area contributed by atoms with Gasteiger partial charge in [0, 0.05) is 32.4 Å². The highest BCUT2D eigenvalue weighted by Gasteiger charge is 2.15. The largest absolute Gasteiger partial charge is 0.497 e. The number of benzene rings is 1. The number of hydrogen-bond acceptors (Lipinski definition) is 7. The molecule has 1 aromatic carbocycles. The molecule has 134 valence electrons. The fourth-order valence-corrected chi connectivity index (χ4v) is 2.65. The van der Waals surface area contributed by atoms with E-state index < -0.39 is 0 Å². The molecule has 25 heavy (non-hydrogen) atoms. The predicted molar refractivity (Wildman–Crippen MR) is 98.7 cm³/mol. The summed E-state index contributed by atoms with van der Waals surface area (Å²) in [5.41, 5.74) is 0. The summed E-state index contributed by atoms with van der Waals surface area (Å²) >= 11 is 0. The quantitative estimate of drug-likeness (QED) is 0.768. The van der Waals surface area contributed by atoms with E-state index >= 15 is 0 Å². The van der Waals surface area contributed by atoms with Gasteiger partial charge in [-0.05, 0) is 37.4 Å². The van der Waals surface area contributed by atoms with Gasteiger partial charge in [0.1, 0.15) is 23.9 Å². The summed E-state index contributed by atoms with van der Waals surface area (Å²) in [6, 6.07) is 9.51. The molecule has 0 unspecified atom stereocenters. The summed E-state index contributed by atoms with van der Waals surface area (Å²) < 4.78 is 10.8. The lowest BCUT2D eigenvalue weighted by Gasteiger charge is -2.33. The van der Waals surface area contributed by atoms with Crippen molar-refractivity contribution in [2.45, 2.75) is 0 Å². The number of anilines is 2. The van der Waals surface area contributed by atoms with Crippen LogP contribution in [0.25, 0.3) is 0 Å². The van der Waals surface area contributed by atoms with Crippen molar-refractivity contribution >= 4 is 11.8 Å². The molecule has 1 aromatic heterocycles. The van der Waals surface area contributed by atoms with Gasteiger partial charge >= 0.3 is 0 Å². The molecule has 0 aliphatic carbocycles. The van der Waals surface area contributed by atoms with E-state index in [1.165, 1.54) is 0 Å². The fraction of sp³-hybridized carbons (Fsp3) is 0.444. The number of ether oxygens (including phenoxy) is 2. The van der Waals surface area contributed by atoms with Crippen LogP contribution in [-0.4, -0.2) is 68.4 Å². The summed E-state index contributed by atoms with van der Waals surface area (Å²) in [6.45, 7) is 5.28. The number of methoxy groups -OCH3 is 1. The molecule has 0 bridgehead atoms. The van der Waals surface area contributed by atoms with E-state index in [1.807, 2.05) is 30.3 Å². The molecule has 3 rings (SSSR count). The fourth-order valence-electron chi connectivity index (χ4n) is 2.65. The van der Waals surface area contributed by atoms with Gasteiger partial charge in [-0.1, -0.05) is 0 Å². The van der Waals surface area contributed by atoms with E-state index in [1.54, 1.807) is 13.3 Å². The summed E-state index contributed by atoms with van der Waals surface area (Å²) in [7, 11) is 3.79. The van der Waals surface area contributed by atoms with Crippen LogP contribution in [0, 0.1) is 0 Å². The molecule has 1 N–H and O–H groups in total. The number of hydrogen-bond donors (Lipinski definition) is 1. The SMILES string of the molecule is COc1ccc(OCCNc2nccc(N3CCN(C)CC3)n2)cc1. The molecule has 0 amide bonds. The van der Waals surface area contributed by atoms with Crippen LogP contribution in [0.4, 0.5) is 11.8 Å². The molecule has 0 radical (unpaired) electrons. The van der Waals surface area contributed by atoms with Crippen LogP contribution < -0.4 is 19.7 Å². The van der Waals surface area contributed by atoms with Crippen LogP contribution in [-0.2, 0) is 0 Å². The number of rotatable bonds is 7. The van der Waals surface area contributed by atoms with Gasteiger partial charge in [-0.3, -0.25) is 0 Å². The third-order valence-corrected chi connectivity index (χ3v) is 4.18. The second-order valence-corrected chi connectivity index (χ2v) is 5.98. The van der Waals surface area contributed by atoms with Crippen molar-refractivity contribution in [2.75, 3.05) is 63.7 Å². The first-order chi connectivity index (χ1) is 12.2. The van der Waals surface area contributed by atoms with E-state index in [4.69, 9.17) is 9.47 Å². The van der Waals surface area contributed by atoms with Crippen molar-refractivity contribution in [2.24, 2.45) is 0 Å². The van der Waals surface area contributed by atoms with Crippen molar-refractivity contribution in [3.63, 3.8) is 0 Å². The van der Waals surface area contributed by atoms with Gasteiger partial charge in [0.05, 0.1) is 13.7 Å². The molecule has 0 atom stereocenters. The summed E-state index contributed by atoms with van der Waals surface area (Å²) in [6.07, 6.45) is 1.80. The first-order valence-corrected chi connectivity index (χ1v) is 8.52. The summed E-state index contributed by atoms with van der Waals surface area (Å²) in [5.74, 6) is 3.24. The maximum atomic E-state index is 5.70. The van der Waals surface area contributed by atoms with Crippen LogP contribution in [0.15, 0.2) is 36.5 Å². The molecule has 1 aliphatic heterocycles. The van der Waals surface area contributed by atoms with Gasteiger partial charge in [0.15, 0.2) is 0 Å². The Labute approximate surface area is 148 Å². The summed E-state index contributed by atoms with van der Waals surface area (Å²) in [5, 5.41) is 3.22. The van der Waals surface area contributed by atoms with Crippen LogP contribution in [0.1, 0.15) is 0 Å². The van der Waals surface area contributed by atoms with E-state index in [2.05, 4.69) is 32.1 Å². The Morgan fingerprint density at radius 2 is 1.76 bits per heavy atom. The highest BCUT2D eigenvalue weighted by atomic mass is 16.5. The zero-order valence-electron chi connectivity index (χ0n) is 14.8. The van der Waals surface area contributed by atoms with Gasteiger partial charge in [0.2, 0.25) is 5.95 Å². The molecule has 1 aliphatic rings. The zero-order valence-corrected chi connectivity index (χ0v) is 14.8. The molecule has 1 saturated heterocycles. The Balaban J connectivity index is 1.45. The number of nitrogens with one attached hydrogen (secondary N) is 1. The Bertz CT molecular complexity index is 657. The standard InChI is InChI=1S/C18H25N5O2/c1-22-10-12-23(13-11-22)17-7-8-19-18(21-17)20-9-14-25-16-5-3-15(24-2)4-6-16/h3-8H,9-14H2,1-2H3,(H,19,20,21). The van der Waals surface area contributed by atoms with Crippen LogP contribution in [0.2, 0.25) is 0 Å². The molecule has 1 fully saturated rings. The van der Waals surface area contributed by atoms with E-state index in [-0.39, 0.29) is 0 Å². The molecule has 2 heterocycles. The average molecular weight is 343 g/mol. The molecule has 2 aromatic rings. The first-order valence-electron chi connectivity index (χ1n) is 8.52. The Hall–Kier alpha value is -2.54. The van der Waals surface area contributed by atoms with Gasteiger partial charge in [-0.2, -0.15) is 4.98 Å². The van der Waals surface area contributed by atoms with Gasteiger partial charge in [0.25, 0.3) is 0 Å². The maximum Gasteiger partial charge on any atom is 0.224 e. The Morgan fingerprint density at radius 1 is 1.04 bits per heavy atom. The van der Waals surface area contributed by atoms with E-state index in [9.17, 15) is 0 Å². The number of likely N-dealkylation sites (N-methyl/N-ethyl adjacent to an activating group) is 1. The summed E-state index contributed by atoms with van der Waals surface area (Å²) in [4.78, 5) is 13.5. The molecular formula is C18H25N5O2. The number of nitrogens with zero attached hydrogens (tertiary/aromatic N) is 4. The Kier molecular flexibility index (Phi) is 5.90.